The molecule has 1 unspecified atom stereocenters. The molecule has 0 radical (unpaired) electrons. The van der Waals surface area contributed by atoms with Crippen molar-refractivity contribution in [3.63, 3.8) is 0 Å². The van der Waals surface area contributed by atoms with Gasteiger partial charge in [0.05, 0.1) is 12.6 Å². The van der Waals surface area contributed by atoms with Crippen LogP contribution in [0.5, 0.6) is 0 Å². The zero-order valence-corrected chi connectivity index (χ0v) is 8.39. The Balaban J connectivity index is 3.44. The van der Waals surface area contributed by atoms with E-state index in [9.17, 15) is 4.79 Å². The van der Waals surface area contributed by atoms with Crippen LogP contribution in [0.1, 0.15) is 34.1 Å². The van der Waals surface area contributed by atoms with Crippen molar-refractivity contribution in [3.8, 4) is 0 Å². The number of carbonyl (C=O) groups excluding carboxylic acids is 1. The van der Waals surface area contributed by atoms with Crippen molar-refractivity contribution >= 4 is 5.97 Å². The minimum atomic E-state index is -0.176. The van der Waals surface area contributed by atoms with E-state index >= 15 is 0 Å². The molecule has 0 bridgehead atoms. The molecule has 72 valence electrons. The molecule has 0 aliphatic carbocycles. The van der Waals surface area contributed by atoms with Crippen molar-refractivity contribution in [1.29, 1.82) is 0 Å². The van der Waals surface area contributed by atoms with Crippen molar-refractivity contribution in [2.75, 3.05) is 6.54 Å². The topological polar surface area (TPSA) is 38.3 Å². The molecule has 1 atom stereocenters. The first-order chi connectivity index (χ1) is 5.56. The largest absolute Gasteiger partial charge is 0.462 e. The summed E-state index contributed by atoms with van der Waals surface area (Å²) in [6, 6.07) is 0.379. The third kappa shape index (κ3) is 6.16. The lowest BCUT2D eigenvalue weighted by Gasteiger charge is -2.12. The van der Waals surface area contributed by atoms with Crippen LogP contribution in [-0.2, 0) is 9.53 Å². The Bertz CT molecular complexity index is 134. The minimum absolute atomic E-state index is 0.0174. The van der Waals surface area contributed by atoms with E-state index in [1.165, 1.54) is 0 Å². The fourth-order valence-corrected chi connectivity index (χ4v) is 0.706. The van der Waals surface area contributed by atoms with Crippen molar-refractivity contribution in [1.82, 2.24) is 5.32 Å². The highest BCUT2D eigenvalue weighted by Gasteiger charge is 2.06. The predicted molar refractivity (Wildman–Crippen MR) is 49.0 cm³/mol. The summed E-state index contributed by atoms with van der Waals surface area (Å²) in [6.07, 6.45) is 1.01. The number of carbonyl (C=O) groups is 1. The SMILES string of the molecule is CCC(C)NCC(=O)OC(C)C. The van der Waals surface area contributed by atoms with Crippen LogP contribution in [0, 0.1) is 0 Å². The molecule has 1 N–H and O–H groups in total. The summed E-state index contributed by atoms with van der Waals surface area (Å²) < 4.78 is 4.94. The summed E-state index contributed by atoms with van der Waals surface area (Å²) in [5, 5.41) is 3.06. The quantitative estimate of drug-likeness (QED) is 0.637. The second-order valence-corrected chi connectivity index (χ2v) is 3.23. The van der Waals surface area contributed by atoms with Crippen molar-refractivity contribution < 1.29 is 9.53 Å². The maximum Gasteiger partial charge on any atom is 0.320 e. The highest BCUT2D eigenvalue weighted by molar-refractivity contribution is 5.71. The van der Waals surface area contributed by atoms with Gasteiger partial charge in [0, 0.05) is 6.04 Å². The second-order valence-electron chi connectivity index (χ2n) is 3.23. The second kappa shape index (κ2) is 6.00. The molecule has 3 nitrogen and oxygen atoms in total. The molecule has 0 heterocycles. The van der Waals surface area contributed by atoms with Gasteiger partial charge in [-0.2, -0.15) is 0 Å². The highest BCUT2D eigenvalue weighted by atomic mass is 16.5. The number of hydrogen-bond donors (Lipinski definition) is 1. The van der Waals surface area contributed by atoms with Crippen LogP contribution >= 0.6 is 0 Å². The van der Waals surface area contributed by atoms with E-state index < -0.39 is 0 Å². The summed E-state index contributed by atoms with van der Waals surface area (Å²) >= 11 is 0. The zero-order valence-electron chi connectivity index (χ0n) is 8.39. The standard InChI is InChI=1S/C9H19NO2/c1-5-8(4)10-6-9(11)12-7(2)3/h7-8,10H,5-6H2,1-4H3. The maximum absolute atomic E-state index is 11.0. The summed E-state index contributed by atoms with van der Waals surface area (Å²) in [7, 11) is 0. The van der Waals surface area contributed by atoms with Gasteiger partial charge in [-0.1, -0.05) is 6.92 Å². The fourth-order valence-electron chi connectivity index (χ4n) is 0.706. The first kappa shape index (κ1) is 11.4. The molecule has 0 rings (SSSR count). The number of hydrogen-bond acceptors (Lipinski definition) is 3. The minimum Gasteiger partial charge on any atom is -0.462 e. The smallest absolute Gasteiger partial charge is 0.320 e. The van der Waals surface area contributed by atoms with Gasteiger partial charge in [0.25, 0.3) is 0 Å². The maximum atomic E-state index is 11.0. The number of ether oxygens (including phenoxy) is 1. The summed E-state index contributed by atoms with van der Waals surface area (Å²) in [6.45, 7) is 8.13. The average Bonchev–Trinajstić information content (AvgIpc) is 1.99. The summed E-state index contributed by atoms with van der Waals surface area (Å²) in [5.74, 6) is -0.176. The van der Waals surface area contributed by atoms with E-state index in [2.05, 4.69) is 12.2 Å². The third-order valence-corrected chi connectivity index (χ3v) is 1.57. The fraction of sp³-hybridized carbons (Fsp3) is 0.889. The molecular formula is C9H19NO2. The molecule has 0 aliphatic rings. The predicted octanol–water partition coefficient (Wildman–Crippen LogP) is 1.33. The Kier molecular flexibility index (Phi) is 5.72. The van der Waals surface area contributed by atoms with Crippen LogP contribution in [0.4, 0.5) is 0 Å². The molecule has 0 spiro atoms. The van der Waals surface area contributed by atoms with Gasteiger partial charge in [-0.3, -0.25) is 4.79 Å². The van der Waals surface area contributed by atoms with Crippen molar-refractivity contribution in [3.05, 3.63) is 0 Å². The van der Waals surface area contributed by atoms with Gasteiger partial charge in [-0.05, 0) is 27.2 Å². The van der Waals surface area contributed by atoms with E-state index in [4.69, 9.17) is 4.74 Å². The normalized spacial score (nSPS) is 13.1. The molecule has 0 aromatic carbocycles. The Morgan fingerprint density at radius 3 is 2.42 bits per heavy atom. The first-order valence-electron chi connectivity index (χ1n) is 4.49. The van der Waals surface area contributed by atoms with Crippen LogP contribution in [0.2, 0.25) is 0 Å². The molecule has 3 heteroatoms. The van der Waals surface area contributed by atoms with Gasteiger partial charge in [0.1, 0.15) is 0 Å². The lowest BCUT2D eigenvalue weighted by atomic mass is 10.3. The van der Waals surface area contributed by atoms with E-state index in [-0.39, 0.29) is 12.1 Å². The van der Waals surface area contributed by atoms with Gasteiger partial charge in [-0.25, -0.2) is 0 Å². The average molecular weight is 173 g/mol. The monoisotopic (exact) mass is 173 g/mol. The van der Waals surface area contributed by atoms with Crippen LogP contribution in [0.3, 0.4) is 0 Å². The van der Waals surface area contributed by atoms with Gasteiger partial charge in [0.2, 0.25) is 0 Å². The molecular weight excluding hydrogens is 154 g/mol. The molecule has 12 heavy (non-hydrogen) atoms. The molecule has 0 aromatic heterocycles. The molecule has 0 fully saturated rings. The third-order valence-electron chi connectivity index (χ3n) is 1.57. The van der Waals surface area contributed by atoms with Crippen LogP contribution < -0.4 is 5.32 Å². The molecule has 0 aliphatic heterocycles. The lowest BCUT2D eigenvalue weighted by molar-refractivity contribution is -0.146. The zero-order chi connectivity index (χ0) is 9.56. The van der Waals surface area contributed by atoms with Gasteiger partial charge in [-0.15, -0.1) is 0 Å². The number of esters is 1. The molecule has 0 saturated heterocycles. The Morgan fingerprint density at radius 1 is 1.42 bits per heavy atom. The number of nitrogens with one attached hydrogen (secondary N) is 1. The number of rotatable bonds is 5. The highest BCUT2D eigenvalue weighted by Crippen LogP contribution is 1.90. The van der Waals surface area contributed by atoms with Gasteiger partial charge < -0.3 is 10.1 Å². The van der Waals surface area contributed by atoms with Crippen molar-refractivity contribution in [2.24, 2.45) is 0 Å². The van der Waals surface area contributed by atoms with Crippen molar-refractivity contribution in [2.45, 2.75) is 46.3 Å². The van der Waals surface area contributed by atoms with E-state index in [0.29, 0.717) is 12.6 Å². The first-order valence-corrected chi connectivity index (χ1v) is 4.49. The van der Waals surface area contributed by atoms with E-state index in [1.54, 1.807) is 0 Å². The molecule has 0 aromatic rings. The molecule has 0 saturated carbocycles. The van der Waals surface area contributed by atoms with E-state index in [1.807, 2.05) is 20.8 Å². The molecule has 0 amide bonds. The van der Waals surface area contributed by atoms with Gasteiger partial charge in [0.15, 0.2) is 0 Å². The van der Waals surface area contributed by atoms with Crippen LogP contribution in [-0.4, -0.2) is 24.7 Å². The Hall–Kier alpha value is -0.570. The van der Waals surface area contributed by atoms with E-state index in [0.717, 1.165) is 6.42 Å². The summed E-state index contributed by atoms with van der Waals surface area (Å²) in [4.78, 5) is 11.0. The van der Waals surface area contributed by atoms with Crippen LogP contribution in [0.15, 0.2) is 0 Å². The Labute approximate surface area is 74.5 Å². The Morgan fingerprint density at radius 2 is 2.00 bits per heavy atom. The lowest BCUT2D eigenvalue weighted by Crippen LogP contribution is -2.32. The summed E-state index contributed by atoms with van der Waals surface area (Å²) in [5.41, 5.74) is 0. The van der Waals surface area contributed by atoms with Crippen LogP contribution in [0.25, 0.3) is 0 Å². The van der Waals surface area contributed by atoms with Gasteiger partial charge >= 0.3 is 5.97 Å².